The number of hydrogen-bond acceptors (Lipinski definition) is 6. The number of carbonyl (C=O) groups excluding carboxylic acids is 3. The van der Waals surface area contributed by atoms with Crippen LogP contribution in [0.15, 0.2) is 25.3 Å². The van der Waals surface area contributed by atoms with Crippen LogP contribution in [-0.4, -0.2) is 32.3 Å². The second kappa shape index (κ2) is 10.8. The van der Waals surface area contributed by atoms with E-state index in [2.05, 4.69) is 27.5 Å². The van der Waals surface area contributed by atoms with Crippen molar-refractivity contribution in [3.05, 3.63) is 25.3 Å². The minimum absolute atomic E-state index is 0.394. The van der Waals surface area contributed by atoms with E-state index in [9.17, 15) is 14.4 Å². The summed E-state index contributed by atoms with van der Waals surface area (Å²) >= 11 is 0. The molecule has 0 heterocycles. The van der Waals surface area contributed by atoms with Gasteiger partial charge in [-0.05, 0) is 0 Å². The molecule has 1 amide bonds. The van der Waals surface area contributed by atoms with Gasteiger partial charge in [0.05, 0.1) is 14.2 Å². The molecule has 1 N–H and O–H groups in total. The van der Waals surface area contributed by atoms with Gasteiger partial charge in [-0.25, -0.2) is 14.4 Å². The van der Waals surface area contributed by atoms with Crippen molar-refractivity contribution in [3.8, 4) is 0 Å². The molecule has 0 saturated heterocycles. The van der Waals surface area contributed by atoms with Crippen LogP contribution in [-0.2, 0) is 23.9 Å². The second-order valence-electron chi connectivity index (χ2n) is 1.95. The average molecular weight is 231 g/mol. The van der Waals surface area contributed by atoms with Crippen molar-refractivity contribution in [2.24, 2.45) is 0 Å². The van der Waals surface area contributed by atoms with Crippen molar-refractivity contribution >= 4 is 18.0 Å². The number of methoxy groups -OCH3 is 2. The molecule has 0 spiro atoms. The van der Waals surface area contributed by atoms with E-state index in [1.807, 2.05) is 0 Å². The zero-order valence-electron chi connectivity index (χ0n) is 9.02. The smallest absolute Gasteiger partial charge is 0.440 e. The molecule has 7 nitrogen and oxygen atoms in total. The van der Waals surface area contributed by atoms with Gasteiger partial charge in [0.15, 0.2) is 0 Å². The second-order valence-corrected chi connectivity index (χ2v) is 1.95. The fourth-order valence-electron chi connectivity index (χ4n) is 0.259. The Hall–Kier alpha value is -2.31. The maximum absolute atomic E-state index is 10.2. The molecule has 0 radical (unpaired) electrons. The average Bonchev–Trinajstić information content (AvgIpc) is 2.34. The minimum atomic E-state index is -0.838. The van der Waals surface area contributed by atoms with E-state index >= 15 is 0 Å². The van der Waals surface area contributed by atoms with Crippen LogP contribution >= 0.6 is 0 Å². The van der Waals surface area contributed by atoms with Crippen LogP contribution in [0.2, 0.25) is 0 Å². The number of hydrogen-bond donors (Lipinski definition) is 1. The minimum Gasteiger partial charge on any atom is -0.466 e. The summed E-state index contributed by atoms with van der Waals surface area (Å²) in [5.41, 5.74) is 1.70. The third-order valence-electron chi connectivity index (χ3n) is 0.955. The summed E-state index contributed by atoms with van der Waals surface area (Å²) in [6.45, 7) is 6.25. The lowest BCUT2D eigenvalue weighted by atomic mass is 10.7. The first kappa shape index (κ1) is 16.1. The Morgan fingerprint density at radius 1 is 1.00 bits per heavy atom. The van der Waals surface area contributed by atoms with Gasteiger partial charge in [0, 0.05) is 12.2 Å². The van der Waals surface area contributed by atoms with E-state index < -0.39 is 18.0 Å². The SMILES string of the molecule is C=CC(=O)OC.C=CC(=O)ONC(=O)OC. The molecule has 0 aromatic carbocycles. The summed E-state index contributed by atoms with van der Waals surface area (Å²) in [7, 11) is 2.46. The molecule has 16 heavy (non-hydrogen) atoms. The number of nitrogens with one attached hydrogen (secondary N) is 1. The monoisotopic (exact) mass is 231 g/mol. The molecule has 0 bridgehead atoms. The summed E-state index contributed by atoms with van der Waals surface area (Å²) in [5, 5.41) is 0. The standard InChI is InChI=1S/C5H7NO4.C4H6O2/c1-3-4(7)10-6-5(8)9-2;1-3-4(5)6-2/h3H,1H2,2H3,(H,6,8);3H,1H2,2H3. The normalized spacial score (nSPS) is 7.38. The third kappa shape index (κ3) is 11.7. The Labute approximate surface area is 92.6 Å². The first-order chi connectivity index (χ1) is 7.51. The quantitative estimate of drug-likeness (QED) is 0.319. The molecule has 0 aliphatic carbocycles. The summed E-state index contributed by atoms with van der Waals surface area (Å²) in [6.07, 6.45) is 1.19. The van der Waals surface area contributed by atoms with Gasteiger partial charge in [-0.1, -0.05) is 13.2 Å². The molecule has 0 atom stereocenters. The molecule has 0 aliphatic rings. The van der Waals surface area contributed by atoms with Crippen LogP contribution in [0.25, 0.3) is 0 Å². The Morgan fingerprint density at radius 2 is 1.50 bits per heavy atom. The Morgan fingerprint density at radius 3 is 1.75 bits per heavy atom. The highest BCUT2D eigenvalue weighted by Gasteiger charge is 1.99. The molecule has 0 unspecified atom stereocenters. The Balaban J connectivity index is 0. The van der Waals surface area contributed by atoms with Gasteiger partial charge in [-0.15, -0.1) is 5.48 Å². The third-order valence-corrected chi connectivity index (χ3v) is 0.955. The number of carbonyl (C=O) groups is 3. The zero-order chi connectivity index (χ0) is 13.0. The van der Waals surface area contributed by atoms with Gasteiger partial charge in [0.1, 0.15) is 0 Å². The molecule has 0 aromatic rings. The van der Waals surface area contributed by atoms with Crippen LogP contribution in [0.4, 0.5) is 4.79 Å². The van der Waals surface area contributed by atoms with Crippen molar-refractivity contribution in [2.75, 3.05) is 14.2 Å². The van der Waals surface area contributed by atoms with Crippen molar-refractivity contribution in [3.63, 3.8) is 0 Å². The number of hydroxylamine groups is 1. The summed E-state index contributed by atoms with van der Waals surface area (Å²) < 4.78 is 8.23. The highest BCUT2D eigenvalue weighted by molar-refractivity contribution is 5.82. The summed E-state index contributed by atoms with van der Waals surface area (Å²) in [6, 6.07) is 0. The molecular formula is C9H13NO6. The van der Waals surface area contributed by atoms with E-state index in [0.29, 0.717) is 0 Å². The van der Waals surface area contributed by atoms with E-state index in [1.165, 1.54) is 7.11 Å². The van der Waals surface area contributed by atoms with E-state index in [-0.39, 0.29) is 0 Å². The largest absolute Gasteiger partial charge is 0.466 e. The number of amides is 1. The van der Waals surface area contributed by atoms with Crippen molar-refractivity contribution in [2.45, 2.75) is 0 Å². The van der Waals surface area contributed by atoms with Crippen LogP contribution in [0, 0.1) is 0 Å². The molecule has 0 aromatic heterocycles. The summed E-state index contributed by atoms with van der Waals surface area (Å²) in [5.74, 6) is -1.14. The van der Waals surface area contributed by atoms with Crippen LogP contribution in [0.1, 0.15) is 0 Å². The van der Waals surface area contributed by atoms with Gasteiger partial charge in [-0.3, -0.25) is 0 Å². The lowest BCUT2D eigenvalue weighted by Gasteiger charge is -1.99. The topological polar surface area (TPSA) is 90.9 Å². The predicted molar refractivity (Wildman–Crippen MR) is 54.0 cm³/mol. The predicted octanol–water partition coefficient (Wildman–Crippen LogP) is 0.332. The maximum Gasteiger partial charge on any atom is 0.440 e. The molecule has 7 heteroatoms. The Kier molecular flexibility index (Phi) is 10.9. The number of ether oxygens (including phenoxy) is 2. The van der Waals surface area contributed by atoms with Crippen molar-refractivity contribution in [1.82, 2.24) is 5.48 Å². The van der Waals surface area contributed by atoms with E-state index in [1.54, 1.807) is 5.48 Å². The molecule has 0 saturated carbocycles. The highest BCUT2D eigenvalue weighted by Crippen LogP contribution is 1.75. The van der Waals surface area contributed by atoms with Crippen LogP contribution < -0.4 is 5.48 Å². The fourth-order valence-corrected chi connectivity index (χ4v) is 0.259. The van der Waals surface area contributed by atoms with Gasteiger partial charge in [0.25, 0.3) is 0 Å². The van der Waals surface area contributed by atoms with Gasteiger partial charge in [0.2, 0.25) is 0 Å². The first-order valence-electron chi connectivity index (χ1n) is 3.89. The lowest BCUT2D eigenvalue weighted by molar-refractivity contribution is -0.143. The maximum atomic E-state index is 10.2. The van der Waals surface area contributed by atoms with Gasteiger partial charge < -0.3 is 14.3 Å². The molecule has 0 fully saturated rings. The highest BCUT2D eigenvalue weighted by atomic mass is 16.7. The fraction of sp³-hybridized carbons (Fsp3) is 0.222. The summed E-state index contributed by atoms with van der Waals surface area (Å²) in [4.78, 5) is 34.3. The van der Waals surface area contributed by atoms with Crippen molar-refractivity contribution < 1.29 is 28.7 Å². The van der Waals surface area contributed by atoms with Crippen LogP contribution in [0.5, 0.6) is 0 Å². The van der Waals surface area contributed by atoms with Crippen LogP contribution in [0.3, 0.4) is 0 Å². The number of rotatable bonds is 2. The molecular weight excluding hydrogens is 218 g/mol. The molecule has 0 aliphatic heterocycles. The first-order valence-corrected chi connectivity index (χ1v) is 3.89. The number of esters is 1. The zero-order valence-corrected chi connectivity index (χ0v) is 9.02. The van der Waals surface area contributed by atoms with Gasteiger partial charge in [-0.2, -0.15) is 0 Å². The van der Waals surface area contributed by atoms with E-state index in [0.717, 1.165) is 19.3 Å². The molecule has 90 valence electrons. The van der Waals surface area contributed by atoms with E-state index in [4.69, 9.17) is 0 Å². The van der Waals surface area contributed by atoms with Crippen molar-refractivity contribution in [1.29, 1.82) is 0 Å². The lowest BCUT2D eigenvalue weighted by Crippen LogP contribution is -2.25. The molecule has 0 rings (SSSR count). The van der Waals surface area contributed by atoms with Gasteiger partial charge >= 0.3 is 18.0 Å². The Bertz CT molecular complexity index is 273.